The van der Waals surface area contributed by atoms with Gasteiger partial charge in [-0.25, -0.2) is 0 Å². The summed E-state index contributed by atoms with van der Waals surface area (Å²) in [7, 11) is -8.65. The largest absolute Gasteiger partial charge is 0.381 e. The van der Waals surface area contributed by atoms with Gasteiger partial charge in [0.2, 0.25) is 0 Å². The van der Waals surface area contributed by atoms with E-state index in [9.17, 15) is 20.7 Å². The highest BCUT2D eigenvalue weighted by Gasteiger charge is 2.16. The summed E-state index contributed by atoms with van der Waals surface area (Å²) in [6, 6.07) is 2.56. The summed E-state index contributed by atoms with van der Waals surface area (Å²) in [4.78, 5) is -0.668. The number of hydrogen-bond donors (Lipinski definition) is 0. The van der Waals surface area contributed by atoms with Gasteiger partial charge in [-0.3, -0.25) is 0 Å². The van der Waals surface area contributed by atoms with Crippen LogP contribution in [0.1, 0.15) is 0 Å². The van der Waals surface area contributed by atoms with Crippen LogP contribution in [0.5, 0.6) is 5.75 Å². The molecule has 16 heavy (non-hydrogen) atoms. The third kappa shape index (κ3) is 3.62. The Hall–Kier alpha value is -0.860. The minimum atomic E-state index is -4.88. The zero-order chi connectivity index (χ0) is 12.6. The highest BCUT2D eigenvalue weighted by atomic mass is 35.5. The molecule has 0 aliphatic heterocycles. The van der Waals surface area contributed by atoms with Gasteiger partial charge in [0, 0.05) is 0 Å². The van der Waals surface area contributed by atoms with E-state index >= 15 is 0 Å². The first-order chi connectivity index (χ1) is 7.09. The molecule has 0 aliphatic rings. The molecule has 0 saturated carbocycles. The van der Waals surface area contributed by atoms with Gasteiger partial charge >= 0.3 is 20.3 Å². The van der Waals surface area contributed by atoms with Crippen molar-refractivity contribution in [3.63, 3.8) is 0 Å². The second kappa shape index (κ2) is 4.19. The van der Waals surface area contributed by atoms with Crippen molar-refractivity contribution in [2.24, 2.45) is 0 Å². The van der Waals surface area contributed by atoms with Crippen molar-refractivity contribution in [1.29, 1.82) is 0 Å². The van der Waals surface area contributed by atoms with E-state index in [1.54, 1.807) is 0 Å². The lowest BCUT2D eigenvalue weighted by atomic mass is 10.3. The maximum Gasteiger partial charge on any atom is 0.332 e. The molecule has 1 rings (SSSR count). The summed E-state index contributed by atoms with van der Waals surface area (Å²) < 4.78 is 59.5. The fraction of sp³-hybridized carbons (Fsp3) is 0.143. The average molecular weight is 289 g/mol. The van der Waals surface area contributed by atoms with Gasteiger partial charge in [0.05, 0.1) is 11.3 Å². The number of benzene rings is 1. The zero-order valence-electron chi connectivity index (χ0n) is 7.85. The maximum atomic E-state index is 12.5. The summed E-state index contributed by atoms with van der Waals surface area (Å²) in [6.07, 6.45) is 0.795. The van der Waals surface area contributed by atoms with Crippen molar-refractivity contribution in [2.75, 3.05) is 6.26 Å². The van der Waals surface area contributed by atoms with Crippen molar-refractivity contribution in [2.45, 2.75) is 4.90 Å². The molecule has 5 nitrogen and oxygen atoms in total. The second-order valence-corrected chi connectivity index (χ2v) is 6.15. The molecular weight excluding hydrogens is 283 g/mol. The van der Waals surface area contributed by atoms with Gasteiger partial charge in [-0.2, -0.15) is 16.8 Å². The van der Waals surface area contributed by atoms with Crippen molar-refractivity contribution in [3.8, 4) is 5.75 Å². The molecule has 0 bridgehead atoms. The molecule has 90 valence electrons. The molecule has 0 heterocycles. The highest BCUT2D eigenvalue weighted by molar-refractivity contribution is 7.86. The standard InChI is InChI=1S/C7H6ClFO5S2/c1-15(10,11)14-7-3-2-5(4-6(7)8)16(9,12)13/h2-4H,1H3. The van der Waals surface area contributed by atoms with E-state index in [0.29, 0.717) is 0 Å². The Labute approximate surface area is 97.1 Å². The summed E-state index contributed by atoms with van der Waals surface area (Å²) in [6.45, 7) is 0. The quantitative estimate of drug-likeness (QED) is 0.619. The Morgan fingerprint density at radius 3 is 2.19 bits per heavy atom. The van der Waals surface area contributed by atoms with Crippen LogP contribution in [-0.2, 0) is 20.3 Å². The monoisotopic (exact) mass is 288 g/mol. The molecule has 0 aliphatic carbocycles. The molecule has 1 aromatic rings. The summed E-state index contributed by atoms with van der Waals surface area (Å²) in [5.41, 5.74) is 0. The zero-order valence-corrected chi connectivity index (χ0v) is 10.2. The van der Waals surface area contributed by atoms with Gasteiger partial charge < -0.3 is 4.18 Å². The van der Waals surface area contributed by atoms with Crippen molar-refractivity contribution in [3.05, 3.63) is 23.2 Å². The number of hydrogen-bond acceptors (Lipinski definition) is 5. The third-order valence-electron chi connectivity index (χ3n) is 1.43. The summed E-state index contributed by atoms with van der Waals surface area (Å²) in [5, 5.41) is -0.316. The Morgan fingerprint density at radius 1 is 1.25 bits per heavy atom. The van der Waals surface area contributed by atoms with E-state index in [-0.39, 0.29) is 10.8 Å². The molecule has 0 atom stereocenters. The fourth-order valence-electron chi connectivity index (χ4n) is 0.864. The average Bonchev–Trinajstić information content (AvgIpc) is 2.04. The second-order valence-electron chi connectivity index (χ2n) is 2.82. The Kier molecular flexibility index (Phi) is 3.46. The lowest BCUT2D eigenvalue weighted by Gasteiger charge is -2.05. The molecule has 0 saturated heterocycles. The molecule has 0 spiro atoms. The van der Waals surface area contributed by atoms with Crippen LogP contribution in [0.2, 0.25) is 5.02 Å². The first-order valence-corrected chi connectivity index (χ1v) is 7.31. The van der Waals surface area contributed by atoms with E-state index in [1.165, 1.54) is 0 Å². The minimum Gasteiger partial charge on any atom is -0.381 e. The molecule has 0 fully saturated rings. The van der Waals surface area contributed by atoms with Crippen LogP contribution < -0.4 is 4.18 Å². The molecule has 1 aromatic carbocycles. The normalized spacial score (nSPS) is 12.4. The molecule has 0 unspecified atom stereocenters. The Balaban J connectivity index is 3.21. The molecule has 0 amide bonds. The molecule has 0 radical (unpaired) electrons. The van der Waals surface area contributed by atoms with Gasteiger partial charge in [-0.1, -0.05) is 11.6 Å². The van der Waals surface area contributed by atoms with Crippen LogP contribution in [0.4, 0.5) is 3.89 Å². The van der Waals surface area contributed by atoms with E-state index in [1.807, 2.05) is 0 Å². The van der Waals surface area contributed by atoms with Crippen molar-refractivity contribution >= 4 is 31.9 Å². The van der Waals surface area contributed by atoms with E-state index < -0.39 is 25.2 Å². The van der Waals surface area contributed by atoms with Crippen LogP contribution in [0.15, 0.2) is 23.1 Å². The van der Waals surface area contributed by atoms with Crippen LogP contribution >= 0.6 is 11.6 Å². The lowest BCUT2D eigenvalue weighted by Crippen LogP contribution is -2.06. The highest BCUT2D eigenvalue weighted by Crippen LogP contribution is 2.28. The molecule has 0 N–H and O–H groups in total. The van der Waals surface area contributed by atoms with Crippen LogP contribution in [0.25, 0.3) is 0 Å². The Morgan fingerprint density at radius 2 is 1.81 bits per heavy atom. The van der Waals surface area contributed by atoms with Gasteiger partial charge in [-0.05, 0) is 18.2 Å². The fourth-order valence-corrected chi connectivity index (χ4v) is 2.15. The number of halogens is 2. The SMILES string of the molecule is CS(=O)(=O)Oc1ccc(S(=O)(=O)F)cc1Cl. The van der Waals surface area contributed by atoms with Crippen LogP contribution in [-0.4, -0.2) is 23.1 Å². The minimum absolute atomic E-state index is 0.267. The van der Waals surface area contributed by atoms with Gasteiger partial charge in [-0.15, -0.1) is 3.89 Å². The third-order valence-corrected chi connectivity index (χ3v) is 3.02. The van der Waals surface area contributed by atoms with E-state index in [4.69, 9.17) is 11.6 Å². The molecule has 0 aromatic heterocycles. The first-order valence-electron chi connectivity index (χ1n) is 3.73. The van der Waals surface area contributed by atoms with Crippen LogP contribution in [0, 0.1) is 0 Å². The van der Waals surface area contributed by atoms with E-state index in [0.717, 1.165) is 24.5 Å². The summed E-state index contributed by atoms with van der Waals surface area (Å²) in [5.74, 6) is -0.267. The van der Waals surface area contributed by atoms with Crippen molar-refractivity contribution < 1.29 is 24.9 Å². The smallest absolute Gasteiger partial charge is 0.332 e. The van der Waals surface area contributed by atoms with Crippen LogP contribution in [0.3, 0.4) is 0 Å². The van der Waals surface area contributed by atoms with E-state index in [2.05, 4.69) is 4.18 Å². The molecular formula is C7H6ClFO5S2. The molecule has 9 heteroatoms. The van der Waals surface area contributed by atoms with Gasteiger partial charge in [0.15, 0.2) is 5.75 Å². The maximum absolute atomic E-state index is 12.5. The lowest BCUT2D eigenvalue weighted by molar-refractivity contribution is 0.493. The van der Waals surface area contributed by atoms with Gasteiger partial charge in [0.1, 0.15) is 4.90 Å². The predicted octanol–water partition coefficient (Wildman–Crippen LogP) is 1.34. The Bertz CT molecular complexity index is 608. The number of rotatable bonds is 3. The van der Waals surface area contributed by atoms with Crippen molar-refractivity contribution in [1.82, 2.24) is 0 Å². The summed E-state index contributed by atoms with van der Waals surface area (Å²) >= 11 is 5.52. The first kappa shape index (κ1) is 13.2. The van der Waals surface area contributed by atoms with Gasteiger partial charge in [0.25, 0.3) is 0 Å². The topological polar surface area (TPSA) is 77.5 Å². The predicted molar refractivity (Wildman–Crippen MR) is 55.2 cm³/mol.